The highest BCUT2D eigenvalue weighted by Gasteiger charge is 2.19. The van der Waals surface area contributed by atoms with Crippen molar-refractivity contribution in [1.82, 2.24) is 10.0 Å². The summed E-state index contributed by atoms with van der Waals surface area (Å²) in [4.78, 5) is 12.1. The van der Waals surface area contributed by atoms with Crippen molar-refractivity contribution in [1.29, 1.82) is 0 Å². The summed E-state index contributed by atoms with van der Waals surface area (Å²) >= 11 is 0. The van der Waals surface area contributed by atoms with Crippen LogP contribution in [-0.2, 0) is 21.4 Å². The number of ether oxygens (including phenoxy) is 2. The summed E-state index contributed by atoms with van der Waals surface area (Å²) in [7, 11) is -2.34. The smallest absolute Gasteiger partial charge is 0.255 e. The molecule has 2 N–H and O–H groups in total. The van der Waals surface area contributed by atoms with Crippen molar-refractivity contribution in [2.24, 2.45) is 0 Å². The second-order valence-corrected chi connectivity index (χ2v) is 7.42. The molecule has 8 heteroatoms. The zero-order chi connectivity index (χ0) is 19.7. The molecular weight excluding hydrogens is 368 g/mol. The fourth-order valence-electron chi connectivity index (χ4n) is 2.38. The molecule has 2 rings (SSSR count). The SMILES string of the molecule is CCNC(=O)c1cc(S(=O)(=O)NCCOCc2ccccc2)ccc1OC. The molecule has 0 fully saturated rings. The third-order valence-corrected chi connectivity index (χ3v) is 5.17. The van der Waals surface area contributed by atoms with Crippen LogP contribution in [0.2, 0.25) is 0 Å². The van der Waals surface area contributed by atoms with Gasteiger partial charge in [0.25, 0.3) is 5.91 Å². The molecule has 0 aliphatic heterocycles. The van der Waals surface area contributed by atoms with E-state index in [1.54, 1.807) is 6.92 Å². The molecule has 0 spiro atoms. The van der Waals surface area contributed by atoms with Crippen molar-refractivity contribution in [3.63, 3.8) is 0 Å². The highest BCUT2D eigenvalue weighted by molar-refractivity contribution is 7.89. The Morgan fingerprint density at radius 3 is 2.52 bits per heavy atom. The number of hydrogen-bond acceptors (Lipinski definition) is 5. The molecule has 0 atom stereocenters. The van der Waals surface area contributed by atoms with Crippen LogP contribution in [0, 0.1) is 0 Å². The predicted octanol–water partition coefficient (Wildman–Crippen LogP) is 1.94. The maximum absolute atomic E-state index is 12.5. The van der Waals surface area contributed by atoms with Crippen molar-refractivity contribution in [3.05, 3.63) is 59.7 Å². The van der Waals surface area contributed by atoms with Crippen LogP contribution in [0.5, 0.6) is 5.75 Å². The van der Waals surface area contributed by atoms with Gasteiger partial charge in [-0.15, -0.1) is 0 Å². The third kappa shape index (κ3) is 6.06. The monoisotopic (exact) mass is 392 g/mol. The molecule has 2 aromatic rings. The summed E-state index contributed by atoms with van der Waals surface area (Å²) in [6.07, 6.45) is 0. The summed E-state index contributed by atoms with van der Waals surface area (Å²) < 4.78 is 38.0. The van der Waals surface area contributed by atoms with Gasteiger partial charge in [0.1, 0.15) is 5.75 Å². The number of hydrogen-bond donors (Lipinski definition) is 2. The molecule has 0 saturated carbocycles. The molecule has 7 nitrogen and oxygen atoms in total. The van der Waals surface area contributed by atoms with Gasteiger partial charge in [0.05, 0.1) is 30.8 Å². The van der Waals surface area contributed by atoms with Gasteiger partial charge in [0, 0.05) is 13.1 Å². The molecule has 0 bridgehead atoms. The van der Waals surface area contributed by atoms with Crippen molar-refractivity contribution in [3.8, 4) is 5.75 Å². The topological polar surface area (TPSA) is 93.7 Å². The number of carbonyl (C=O) groups is 1. The van der Waals surface area contributed by atoms with Crippen LogP contribution < -0.4 is 14.8 Å². The van der Waals surface area contributed by atoms with Crippen LogP contribution in [0.25, 0.3) is 0 Å². The molecule has 27 heavy (non-hydrogen) atoms. The quantitative estimate of drug-likeness (QED) is 0.603. The van der Waals surface area contributed by atoms with Crippen LogP contribution >= 0.6 is 0 Å². The van der Waals surface area contributed by atoms with Gasteiger partial charge in [-0.2, -0.15) is 0 Å². The van der Waals surface area contributed by atoms with E-state index < -0.39 is 15.9 Å². The first kappa shape index (κ1) is 20.9. The first-order valence-corrected chi connectivity index (χ1v) is 10.0. The van der Waals surface area contributed by atoms with E-state index in [0.717, 1.165) is 5.56 Å². The Bertz CT molecular complexity index is 854. The number of nitrogens with one attached hydrogen (secondary N) is 2. The van der Waals surface area contributed by atoms with Gasteiger partial charge in [-0.3, -0.25) is 4.79 Å². The average Bonchev–Trinajstić information content (AvgIpc) is 2.68. The molecule has 146 valence electrons. The molecule has 0 aromatic heterocycles. The average molecular weight is 392 g/mol. The summed E-state index contributed by atoms with van der Waals surface area (Å²) in [6, 6.07) is 13.8. The van der Waals surface area contributed by atoms with E-state index >= 15 is 0 Å². The lowest BCUT2D eigenvalue weighted by atomic mass is 10.2. The Labute approximate surface area is 159 Å². The van der Waals surface area contributed by atoms with Gasteiger partial charge < -0.3 is 14.8 Å². The van der Waals surface area contributed by atoms with Gasteiger partial charge >= 0.3 is 0 Å². The Kier molecular flexibility index (Phi) is 7.78. The second-order valence-electron chi connectivity index (χ2n) is 5.66. The maximum atomic E-state index is 12.5. The zero-order valence-electron chi connectivity index (χ0n) is 15.4. The van der Waals surface area contributed by atoms with Crippen LogP contribution in [0.15, 0.2) is 53.4 Å². The minimum absolute atomic E-state index is 0.00684. The van der Waals surface area contributed by atoms with Crippen LogP contribution in [-0.4, -0.2) is 41.1 Å². The van der Waals surface area contributed by atoms with Crippen LogP contribution in [0.4, 0.5) is 0 Å². The second kappa shape index (κ2) is 10.1. The molecule has 0 heterocycles. The largest absolute Gasteiger partial charge is 0.496 e. The van der Waals surface area contributed by atoms with Gasteiger partial charge in [0.2, 0.25) is 10.0 Å². The van der Waals surface area contributed by atoms with Gasteiger partial charge in [-0.25, -0.2) is 13.1 Å². The van der Waals surface area contributed by atoms with E-state index in [9.17, 15) is 13.2 Å². The number of sulfonamides is 1. The third-order valence-electron chi connectivity index (χ3n) is 3.71. The summed E-state index contributed by atoms with van der Waals surface area (Å²) in [5.41, 5.74) is 1.18. The zero-order valence-corrected chi connectivity index (χ0v) is 16.2. The minimum Gasteiger partial charge on any atom is -0.496 e. The van der Waals surface area contributed by atoms with Crippen molar-refractivity contribution < 1.29 is 22.7 Å². The van der Waals surface area contributed by atoms with Gasteiger partial charge in [-0.1, -0.05) is 30.3 Å². The first-order chi connectivity index (χ1) is 13.0. The highest BCUT2D eigenvalue weighted by Crippen LogP contribution is 2.22. The number of amides is 1. The molecule has 0 unspecified atom stereocenters. The molecular formula is C19H24N2O5S. The Morgan fingerprint density at radius 2 is 1.85 bits per heavy atom. The molecule has 2 aromatic carbocycles. The Morgan fingerprint density at radius 1 is 1.11 bits per heavy atom. The molecule has 0 aliphatic rings. The number of methoxy groups -OCH3 is 1. The lowest BCUT2D eigenvalue weighted by Gasteiger charge is -2.12. The summed E-state index contributed by atoms with van der Waals surface area (Å²) in [6.45, 7) is 2.97. The predicted molar refractivity (Wildman–Crippen MR) is 102 cm³/mol. The molecule has 0 saturated heterocycles. The van der Waals surface area contributed by atoms with E-state index in [0.29, 0.717) is 18.9 Å². The minimum atomic E-state index is -3.77. The Balaban J connectivity index is 1.97. The van der Waals surface area contributed by atoms with E-state index in [2.05, 4.69) is 10.0 Å². The molecule has 1 amide bonds. The summed E-state index contributed by atoms with van der Waals surface area (Å²) in [5.74, 6) is -0.0799. The highest BCUT2D eigenvalue weighted by atomic mass is 32.2. The van der Waals surface area contributed by atoms with Crippen LogP contribution in [0.1, 0.15) is 22.8 Å². The molecule has 0 radical (unpaired) electrons. The van der Waals surface area contributed by atoms with Crippen molar-refractivity contribution in [2.45, 2.75) is 18.4 Å². The van der Waals surface area contributed by atoms with Gasteiger partial charge in [0.15, 0.2) is 0 Å². The normalized spacial score (nSPS) is 11.2. The lowest BCUT2D eigenvalue weighted by Crippen LogP contribution is -2.28. The molecule has 0 aliphatic carbocycles. The standard InChI is InChI=1S/C19H24N2O5S/c1-3-20-19(22)17-13-16(9-10-18(17)25-2)27(23,24)21-11-12-26-14-15-7-5-4-6-8-15/h4-10,13,21H,3,11-12,14H2,1-2H3,(H,20,22). The van der Waals surface area contributed by atoms with E-state index in [1.165, 1.54) is 25.3 Å². The fourth-order valence-corrected chi connectivity index (χ4v) is 3.42. The number of benzene rings is 2. The lowest BCUT2D eigenvalue weighted by molar-refractivity contribution is 0.0952. The fraction of sp³-hybridized carbons (Fsp3) is 0.316. The van der Waals surface area contributed by atoms with E-state index in [4.69, 9.17) is 9.47 Å². The van der Waals surface area contributed by atoms with E-state index in [1.807, 2.05) is 30.3 Å². The summed E-state index contributed by atoms with van der Waals surface area (Å²) in [5, 5.41) is 2.64. The first-order valence-electron chi connectivity index (χ1n) is 8.55. The van der Waals surface area contributed by atoms with Crippen LogP contribution in [0.3, 0.4) is 0 Å². The van der Waals surface area contributed by atoms with Gasteiger partial charge in [-0.05, 0) is 30.7 Å². The van der Waals surface area contributed by atoms with E-state index in [-0.39, 0.29) is 23.6 Å². The number of rotatable bonds is 10. The Hall–Kier alpha value is -2.42. The van der Waals surface area contributed by atoms with Crippen molar-refractivity contribution in [2.75, 3.05) is 26.8 Å². The number of carbonyl (C=O) groups excluding carboxylic acids is 1. The van der Waals surface area contributed by atoms with Crippen molar-refractivity contribution >= 4 is 15.9 Å². The maximum Gasteiger partial charge on any atom is 0.255 e.